The van der Waals surface area contributed by atoms with Crippen LogP contribution in [0.2, 0.25) is 0 Å². The third kappa shape index (κ3) is 2.54. The van der Waals surface area contributed by atoms with Crippen molar-refractivity contribution in [2.45, 2.75) is 52.1 Å². The summed E-state index contributed by atoms with van der Waals surface area (Å²) in [7, 11) is 2.07. The molecule has 2 heteroatoms. The lowest BCUT2D eigenvalue weighted by Gasteiger charge is -2.47. The fraction of sp³-hybridized carbons (Fsp3) is 0.625. The van der Waals surface area contributed by atoms with Gasteiger partial charge in [0.2, 0.25) is 0 Å². The zero-order valence-electron chi connectivity index (χ0n) is 12.4. The van der Waals surface area contributed by atoms with Gasteiger partial charge in [-0.15, -0.1) is 0 Å². The van der Waals surface area contributed by atoms with Crippen molar-refractivity contribution in [2.75, 3.05) is 18.5 Å². The predicted octanol–water partition coefficient (Wildman–Crippen LogP) is 3.27. The standard InChI is InChI=1S/C16H26N2/c1-12-6-7-15(10-13(12)2)18-11-14(17-5)8-9-16(18,3)4/h6-7,10,14,17H,8-9,11H2,1-5H3. The van der Waals surface area contributed by atoms with Gasteiger partial charge < -0.3 is 10.2 Å². The van der Waals surface area contributed by atoms with Crippen LogP contribution in [0.25, 0.3) is 0 Å². The van der Waals surface area contributed by atoms with Gasteiger partial charge in [-0.2, -0.15) is 0 Å². The van der Waals surface area contributed by atoms with Crippen molar-refractivity contribution in [3.8, 4) is 0 Å². The molecule has 1 saturated heterocycles. The van der Waals surface area contributed by atoms with Crippen LogP contribution in [-0.4, -0.2) is 25.2 Å². The van der Waals surface area contributed by atoms with Crippen LogP contribution < -0.4 is 10.2 Å². The molecule has 0 spiro atoms. The Morgan fingerprint density at radius 2 is 1.94 bits per heavy atom. The van der Waals surface area contributed by atoms with Crippen LogP contribution in [0.5, 0.6) is 0 Å². The second-order valence-corrected chi connectivity index (χ2v) is 6.22. The first-order valence-corrected chi connectivity index (χ1v) is 6.96. The summed E-state index contributed by atoms with van der Waals surface area (Å²) in [4.78, 5) is 2.56. The number of anilines is 1. The molecule has 0 saturated carbocycles. The molecular weight excluding hydrogens is 220 g/mol. The van der Waals surface area contributed by atoms with Gasteiger partial charge in [0.1, 0.15) is 0 Å². The second-order valence-electron chi connectivity index (χ2n) is 6.22. The summed E-state index contributed by atoms with van der Waals surface area (Å²) in [6.45, 7) is 10.2. The summed E-state index contributed by atoms with van der Waals surface area (Å²) >= 11 is 0. The maximum Gasteiger partial charge on any atom is 0.0374 e. The van der Waals surface area contributed by atoms with Gasteiger partial charge in [-0.25, -0.2) is 0 Å². The van der Waals surface area contributed by atoms with Gasteiger partial charge in [-0.1, -0.05) is 6.07 Å². The fourth-order valence-electron chi connectivity index (χ4n) is 2.81. The molecule has 18 heavy (non-hydrogen) atoms. The molecule has 0 bridgehead atoms. The van der Waals surface area contributed by atoms with E-state index < -0.39 is 0 Å². The Morgan fingerprint density at radius 1 is 1.22 bits per heavy atom. The van der Waals surface area contributed by atoms with Gasteiger partial charge in [-0.05, 0) is 70.8 Å². The van der Waals surface area contributed by atoms with E-state index in [0.29, 0.717) is 6.04 Å². The summed E-state index contributed by atoms with van der Waals surface area (Å²) in [6.07, 6.45) is 2.51. The molecule has 1 aromatic rings. The Bertz CT molecular complexity index is 423. The minimum Gasteiger partial charge on any atom is -0.365 e. The van der Waals surface area contributed by atoms with Crippen molar-refractivity contribution in [1.82, 2.24) is 5.32 Å². The van der Waals surface area contributed by atoms with Crippen molar-refractivity contribution in [3.63, 3.8) is 0 Å². The second kappa shape index (κ2) is 4.93. The van der Waals surface area contributed by atoms with Crippen LogP contribution in [0.1, 0.15) is 37.8 Å². The summed E-state index contributed by atoms with van der Waals surface area (Å²) < 4.78 is 0. The van der Waals surface area contributed by atoms with E-state index >= 15 is 0 Å². The number of likely N-dealkylation sites (N-methyl/N-ethyl adjacent to an activating group) is 1. The molecular formula is C16H26N2. The number of benzene rings is 1. The van der Waals surface area contributed by atoms with Crippen LogP contribution in [0.3, 0.4) is 0 Å². The number of hydrogen-bond acceptors (Lipinski definition) is 2. The van der Waals surface area contributed by atoms with E-state index in [-0.39, 0.29) is 5.54 Å². The zero-order valence-corrected chi connectivity index (χ0v) is 12.4. The Morgan fingerprint density at radius 3 is 2.56 bits per heavy atom. The molecule has 1 aliphatic rings. The molecule has 1 fully saturated rings. The highest BCUT2D eigenvalue weighted by atomic mass is 15.2. The third-order valence-electron chi connectivity index (χ3n) is 4.45. The highest BCUT2D eigenvalue weighted by Gasteiger charge is 2.33. The Kier molecular flexibility index (Phi) is 3.67. The van der Waals surface area contributed by atoms with Gasteiger partial charge in [0.15, 0.2) is 0 Å². The molecule has 1 aromatic carbocycles. The first kappa shape index (κ1) is 13.4. The van der Waals surface area contributed by atoms with E-state index in [1.54, 1.807) is 0 Å². The van der Waals surface area contributed by atoms with Crippen molar-refractivity contribution in [3.05, 3.63) is 29.3 Å². The monoisotopic (exact) mass is 246 g/mol. The largest absolute Gasteiger partial charge is 0.365 e. The molecule has 2 nitrogen and oxygen atoms in total. The van der Waals surface area contributed by atoms with E-state index in [1.807, 2.05) is 0 Å². The van der Waals surface area contributed by atoms with E-state index in [2.05, 4.69) is 63.2 Å². The van der Waals surface area contributed by atoms with Crippen LogP contribution in [-0.2, 0) is 0 Å². The van der Waals surface area contributed by atoms with Gasteiger partial charge >= 0.3 is 0 Å². The van der Waals surface area contributed by atoms with E-state index in [4.69, 9.17) is 0 Å². The van der Waals surface area contributed by atoms with Gasteiger partial charge in [0.25, 0.3) is 0 Å². The SMILES string of the molecule is CNC1CCC(C)(C)N(c2ccc(C)c(C)c2)C1. The molecule has 2 rings (SSSR count). The van der Waals surface area contributed by atoms with Crippen molar-refractivity contribution < 1.29 is 0 Å². The van der Waals surface area contributed by atoms with Gasteiger partial charge in [-0.3, -0.25) is 0 Å². The van der Waals surface area contributed by atoms with Crippen molar-refractivity contribution in [1.29, 1.82) is 0 Å². The third-order valence-corrected chi connectivity index (χ3v) is 4.45. The summed E-state index contributed by atoms with van der Waals surface area (Å²) in [5.41, 5.74) is 4.38. The van der Waals surface area contributed by atoms with Crippen LogP contribution in [0, 0.1) is 13.8 Å². The Labute approximate surface area is 111 Å². The van der Waals surface area contributed by atoms with E-state index in [1.165, 1.54) is 29.7 Å². The summed E-state index contributed by atoms with van der Waals surface area (Å²) in [6, 6.07) is 7.45. The molecule has 1 atom stereocenters. The summed E-state index contributed by atoms with van der Waals surface area (Å²) in [5, 5.41) is 3.43. The molecule has 0 amide bonds. The fourth-order valence-corrected chi connectivity index (χ4v) is 2.81. The van der Waals surface area contributed by atoms with Crippen LogP contribution in [0.15, 0.2) is 18.2 Å². The number of nitrogens with zero attached hydrogens (tertiary/aromatic N) is 1. The molecule has 1 N–H and O–H groups in total. The molecule has 1 heterocycles. The lowest BCUT2D eigenvalue weighted by atomic mass is 9.87. The molecule has 0 aliphatic carbocycles. The highest BCUT2D eigenvalue weighted by molar-refractivity contribution is 5.53. The van der Waals surface area contributed by atoms with Gasteiger partial charge in [0, 0.05) is 23.8 Å². The Balaban J connectivity index is 2.30. The average Bonchev–Trinajstić information content (AvgIpc) is 2.33. The predicted molar refractivity (Wildman–Crippen MR) is 79.4 cm³/mol. The zero-order chi connectivity index (χ0) is 13.3. The highest BCUT2D eigenvalue weighted by Crippen LogP contribution is 2.33. The topological polar surface area (TPSA) is 15.3 Å². The molecule has 0 radical (unpaired) electrons. The number of nitrogens with one attached hydrogen (secondary N) is 1. The first-order valence-electron chi connectivity index (χ1n) is 6.96. The van der Waals surface area contributed by atoms with Crippen molar-refractivity contribution >= 4 is 5.69 Å². The number of rotatable bonds is 2. The number of piperidine rings is 1. The lowest BCUT2D eigenvalue weighted by molar-refractivity contribution is 0.313. The maximum atomic E-state index is 3.43. The van der Waals surface area contributed by atoms with Gasteiger partial charge in [0.05, 0.1) is 0 Å². The quantitative estimate of drug-likeness (QED) is 0.861. The normalized spacial score (nSPS) is 23.2. The maximum absolute atomic E-state index is 3.43. The molecule has 1 aliphatic heterocycles. The molecule has 1 unspecified atom stereocenters. The van der Waals surface area contributed by atoms with Crippen LogP contribution >= 0.6 is 0 Å². The molecule has 100 valence electrons. The van der Waals surface area contributed by atoms with E-state index in [0.717, 1.165) is 6.54 Å². The number of hydrogen-bond donors (Lipinski definition) is 1. The smallest absolute Gasteiger partial charge is 0.0374 e. The van der Waals surface area contributed by atoms with Crippen LogP contribution in [0.4, 0.5) is 5.69 Å². The summed E-state index contributed by atoms with van der Waals surface area (Å²) in [5.74, 6) is 0. The average molecular weight is 246 g/mol. The van der Waals surface area contributed by atoms with Crippen molar-refractivity contribution in [2.24, 2.45) is 0 Å². The minimum absolute atomic E-state index is 0.259. The lowest BCUT2D eigenvalue weighted by Crippen LogP contribution is -2.55. The van der Waals surface area contributed by atoms with E-state index in [9.17, 15) is 0 Å². The first-order chi connectivity index (χ1) is 8.44. The Hall–Kier alpha value is -1.02. The molecule has 0 aromatic heterocycles. The minimum atomic E-state index is 0.259. The number of aryl methyl sites for hydroxylation is 2.